The molecule has 1 saturated carbocycles. The van der Waals surface area contributed by atoms with Crippen LogP contribution in [0.4, 0.5) is 10.1 Å². The Kier molecular flexibility index (Phi) is 10.9. The van der Waals surface area contributed by atoms with Gasteiger partial charge in [-0.05, 0) is 72.5 Å². The molecular weight excluding hydrogens is 661 g/mol. The van der Waals surface area contributed by atoms with Gasteiger partial charge in [-0.2, -0.15) is 0 Å². The smallest absolute Gasteiger partial charge is 0.264 e. The molecule has 50 heavy (non-hydrogen) atoms. The number of sulfonamides is 1. The third-order valence-electron chi connectivity index (χ3n) is 8.95. The van der Waals surface area contributed by atoms with Crippen molar-refractivity contribution in [1.82, 2.24) is 10.2 Å². The summed E-state index contributed by atoms with van der Waals surface area (Å²) in [6, 6.07) is 24.7. The number of nitrogens with one attached hydrogen (secondary N) is 1. The summed E-state index contributed by atoms with van der Waals surface area (Å²) in [4.78, 5) is 30.2. The third kappa shape index (κ3) is 8.19. The Morgan fingerprint density at radius 3 is 2.30 bits per heavy atom. The molecule has 1 atom stereocenters. The first-order valence-corrected chi connectivity index (χ1v) is 18.1. The van der Waals surface area contributed by atoms with Gasteiger partial charge in [0.2, 0.25) is 11.8 Å². The molecule has 1 aliphatic carbocycles. The maximum Gasteiger partial charge on any atom is 0.264 e. The van der Waals surface area contributed by atoms with Crippen LogP contribution in [0.3, 0.4) is 0 Å². The Morgan fingerprint density at radius 1 is 0.880 bits per heavy atom. The monoisotopic (exact) mass is 701 g/mol. The molecule has 4 aromatic rings. The summed E-state index contributed by atoms with van der Waals surface area (Å²) in [5, 5.41) is 3.16. The molecule has 0 aromatic heterocycles. The number of ether oxygens (including phenoxy) is 3. The number of hydrogen-bond acceptors (Lipinski definition) is 7. The molecule has 12 heteroatoms. The maximum absolute atomic E-state index is 14.7. The Morgan fingerprint density at radius 2 is 1.58 bits per heavy atom. The van der Waals surface area contributed by atoms with Crippen molar-refractivity contribution in [2.24, 2.45) is 0 Å². The van der Waals surface area contributed by atoms with E-state index in [1.54, 1.807) is 25.3 Å². The van der Waals surface area contributed by atoms with Crippen LogP contribution in [0.25, 0.3) is 0 Å². The highest BCUT2D eigenvalue weighted by molar-refractivity contribution is 7.92. The van der Waals surface area contributed by atoms with Gasteiger partial charge in [0.05, 0.1) is 17.7 Å². The number of halogens is 1. The number of methoxy groups -OCH3 is 1. The average molecular weight is 702 g/mol. The SMILES string of the molecule is COc1cccc(CN(C(=O)CN(c2ccc(F)cc2)S(=O)(=O)c2ccc3c(c2)OCCO3)[C@H](Cc2ccccc2)C(=O)NC2CCCC2)c1. The lowest BCUT2D eigenvalue weighted by Crippen LogP contribution is -2.54. The predicted molar refractivity (Wildman–Crippen MR) is 186 cm³/mol. The van der Waals surface area contributed by atoms with E-state index in [1.165, 1.54) is 35.2 Å². The van der Waals surface area contributed by atoms with Crippen LogP contribution < -0.4 is 23.8 Å². The lowest BCUT2D eigenvalue weighted by atomic mass is 10.0. The number of carbonyl (C=O) groups is 2. The summed E-state index contributed by atoms with van der Waals surface area (Å²) >= 11 is 0. The minimum atomic E-state index is -4.43. The molecule has 1 fully saturated rings. The van der Waals surface area contributed by atoms with Gasteiger partial charge < -0.3 is 24.4 Å². The average Bonchev–Trinajstić information content (AvgIpc) is 3.65. The van der Waals surface area contributed by atoms with Crippen LogP contribution in [0.1, 0.15) is 36.8 Å². The van der Waals surface area contributed by atoms with Gasteiger partial charge in [-0.15, -0.1) is 0 Å². The molecule has 4 aromatic carbocycles. The van der Waals surface area contributed by atoms with E-state index >= 15 is 0 Å². The van der Waals surface area contributed by atoms with E-state index in [1.807, 2.05) is 36.4 Å². The summed E-state index contributed by atoms with van der Waals surface area (Å²) in [5.74, 6) is -0.280. The number of anilines is 1. The van der Waals surface area contributed by atoms with Crippen molar-refractivity contribution in [2.75, 3.05) is 31.2 Å². The topological polar surface area (TPSA) is 114 Å². The quantitative estimate of drug-likeness (QED) is 0.196. The van der Waals surface area contributed by atoms with Gasteiger partial charge in [-0.25, -0.2) is 12.8 Å². The Bertz CT molecular complexity index is 1900. The third-order valence-corrected chi connectivity index (χ3v) is 10.7. The fourth-order valence-electron chi connectivity index (χ4n) is 6.34. The summed E-state index contributed by atoms with van der Waals surface area (Å²) < 4.78 is 60.5. The Hall–Kier alpha value is -5.10. The second-order valence-corrected chi connectivity index (χ2v) is 14.2. The van der Waals surface area contributed by atoms with E-state index in [-0.39, 0.29) is 47.9 Å². The lowest BCUT2D eigenvalue weighted by Gasteiger charge is -2.34. The summed E-state index contributed by atoms with van der Waals surface area (Å²) in [7, 11) is -2.89. The molecule has 2 aliphatic rings. The number of amides is 2. The van der Waals surface area contributed by atoms with Crippen LogP contribution in [0, 0.1) is 5.82 Å². The fraction of sp³-hybridized carbons (Fsp3) is 0.316. The molecule has 0 bridgehead atoms. The zero-order valence-corrected chi connectivity index (χ0v) is 28.6. The van der Waals surface area contributed by atoms with Crippen LogP contribution in [0.15, 0.2) is 102 Å². The first-order valence-electron chi connectivity index (χ1n) is 16.7. The molecule has 1 heterocycles. The van der Waals surface area contributed by atoms with Gasteiger partial charge in [0.1, 0.15) is 37.4 Å². The van der Waals surface area contributed by atoms with Gasteiger partial charge >= 0.3 is 0 Å². The highest BCUT2D eigenvalue weighted by Gasteiger charge is 2.36. The van der Waals surface area contributed by atoms with Gasteiger partial charge in [0.25, 0.3) is 10.0 Å². The van der Waals surface area contributed by atoms with Crippen LogP contribution in [-0.4, -0.2) is 64.1 Å². The minimum Gasteiger partial charge on any atom is -0.497 e. The van der Waals surface area contributed by atoms with E-state index in [0.717, 1.165) is 47.7 Å². The standard InChI is InChI=1S/C38H40FN3O7S/c1-47-32-13-7-10-28(22-32)25-41(34(23-27-8-3-2-4-9-27)38(44)40-30-11-5-6-12-30)37(43)26-42(31-16-14-29(39)15-17-31)50(45,46)33-18-19-35-36(24-33)49-21-20-48-35/h2-4,7-10,13-19,22,24,30,34H,5-6,11-12,20-21,23,25-26H2,1H3,(H,40,44)/t34-/m1/s1. The van der Waals surface area contributed by atoms with Crippen molar-refractivity contribution in [3.63, 3.8) is 0 Å². The van der Waals surface area contributed by atoms with Crippen LogP contribution >= 0.6 is 0 Å². The fourth-order valence-corrected chi connectivity index (χ4v) is 7.77. The number of nitrogens with zero attached hydrogens (tertiary/aromatic N) is 2. The molecule has 0 saturated heterocycles. The van der Waals surface area contributed by atoms with Crippen molar-refractivity contribution in [3.8, 4) is 17.2 Å². The number of hydrogen-bond donors (Lipinski definition) is 1. The second-order valence-electron chi connectivity index (χ2n) is 12.4. The summed E-state index contributed by atoms with van der Waals surface area (Å²) in [5.41, 5.74) is 1.60. The van der Waals surface area contributed by atoms with E-state index < -0.39 is 34.3 Å². The zero-order valence-electron chi connectivity index (χ0n) is 27.8. The summed E-state index contributed by atoms with van der Waals surface area (Å²) in [6.45, 7) is -0.0974. The van der Waals surface area contributed by atoms with E-state index in [2.05, 4.69) is 5.32 Å². The van der Waals surface area contributed by atoms with E-state index in [0.29, 0.717) is 23.7 Å². The normalized spacial score (nSPS) is 14.8. The molecule has 262 valence electrons. The van der Waals surface area contributed by atoms with E-state index in [4.69, 9.17) is 14.2 Å². The van der Waals surface area contributed by atoms with Gasteiger partial charge in [0, 0.05) is 25.1 Å². The maximum atomic E-state index is 14.7. The van der Waals surface area contributed by atoms with Crippen molar-refractivity contribution >= 4 is 27.5 Å². The second kappa shape index (κ2) is 15.6. The zero-order chi connectivity index (χ0) is 35.1. The Labute approximate surface area is 291 Å². The predicted octanol–water partition coefficient (Wildman–Crippen LogP) is 5.50. The number of benzene rings is 4. The van der Waals surface area contributed by atoms with Crippen molar-refractivity contribution < 1.29 is 36.6 Å². The van der Waals surface area contributed by atoms with Crippen molar-refractivity contribution in [2.45, 2.75) is 55.6 Å². The molecule has 10 nitrogen and oxygen atoms in total. The lowest BCUT2D eigenvalue weighted by molar-refractivity contribution is -0.140. The van der Waals surface area contributed by atoms with Crippen LogP contribution in [0.2, 0.25) is 0 Å². The first-order chi connectivity index (χ1) is 24.2. The molecular formula is C38H40FN3O7S. The largest absolute Gasteiger partial charge is 0.497 e. The summed E-state index contributed by atoms with van der Waals surface area (Å²) in [6.07, 6.45) is 3.90. The van der Waals surface area contributed by atoms with Crippen LogP contribution in [-0.2, 0) is 32.6 Å². The first kappa shape index (κ1) is 34.8. The molecule has 2 amide bonds. The van der Waals surface area contributed by atoms with Crippen molar-refractivity contribution in [3.05, 3.63) is 114 Å². The molecule has 0 radical (unpaired) electrons. The van der Waals surface area contributed by atoms with E-state index in [9.17, 15) is 22.4 Å². The van der Waals surface area contributed by atoms with Gasteiger partial charge in [-0.3, -0.25) is 13.9 Å². The molecule has 6 rings (SSSR count). The minimum absolute atomic E-state index is 0.00699. The van der Waals surface area contributed by atoms with Gasteiger partial charge in [-0.1, -0.05) is 55.3 Å². The number of carbonyl (C=O) groups excluding carboxylic acids is 2. The number of rotatable bonds is 13. The van der Waals surface area contributed by atoms with Crippen LogP contribution in [0.5, 0.6) is 17.2 Å². The highest BCUT2D eigenvalue weighted by atomic mass is 32.2. The molecule has 0 unspecified atom stereocenters. The molecule has 1 aliphatic heterocycles. The molecule has 0 spiro atoms. The van der Waals surface area contributed by atoms with Crippen molar-refractivity contribution in [1.29, 1.82) is 0 Å². The highest BCUT2D eigenvalue weighted by Crippen LogP contribution is 2.34. The van der Waals surface area contributed by atoms with Gasteiger partial charge in [0.15, 0.2) is 11.5 Å². The Balaban J connectivity index is 1.40. The molecule has 1 N–H and O–H groups in total. The number of fused-ring (bicyclic) bond motifs is 1.